The van der Waals surface area contributed by atoms with Crippen LogP contribution in [-0.4, -0.2) is 18.0 Å². The summed E-state index contributed by atoms with van der Waals surface area (Å²) >= 11 is 0. The maximum absolute atomic E-state index is 2.71. The highest BCUT2D eigenvalue weighted by molar-refractivity contribution is 5.44. The molecule has 1 nitrogen and oxygen atoms in total. The number of benzene rings is 2. The first-order chi connectivity index (χ1) is 10.4. The van der Waals surface area contributed by atoms with Crippen LogP contribution in [0, 0.1) is 0 Å². The molecule has 0 atom stereocenters. The van der Waals surface area contributed by atoms with Crippen molar-refractivity contribution in [1.82, 2.24) is 4.90 Å². The molecule has 0 saturated carbocycles. The zero-order chi connectivity index (χ0) is 14.1. The summed E-state index contributed by atoms with van der Waals surface area (Å²) < 4.78 is 0. The Hall–Kier alpha value is -1.60. The van der Waals surface area contributed by atoms with Crippen LogP contribution in [0.1, 0.15) is 47.6 Å². The van der Waals surface area contributed by atoms with Gasteiger partial charge >= 0.3 is 0 Å². The molecule has 4 rings (SSSR count). The topological polar surface area (TPSA) is 3.24 Å². The van der Waals surface area contributed by atoms with Crippen LogP contribution in [0.15, 0.2) is 48.5 Å². The summed E-state index contributed by atoms with van der Waals surface area (Å²) in [6.45, 7) is 2.49. The van der Waals surface area contributed by atoms with Crippen LogP contribution in [0.25, 0.3) is 0 Å². The second-order valence-corrected chi connectivity index (χ2v) is 6.40. The van der Waals surface area contributed by atoms with Crippen molar-refractivity contribution in [3.05, 3.63) is 70.8 Å². The second kappa shape index (κ2) is 5.65. The van der Waals surface area contributed by atoms with Crippen LogP contribution < -0.4 is 0 Å². The average Bonchev–Trinajstić information content (AvgIpc) is 2.72. The monoisotopic (exact) mass is 277 g/mol. The number of nitrogens with zero attached hydrogens (tertiary/aromatic N) is 1. The van der Waals surface area contributed by atoms with Crippen molar-refractivity contribution < 1.29 is 0 Å². The molecule has 2 aliphatic rings. The van der Waals surface area contributed by atoms with E-state index < -0.39 is 0 Å². The molecule has 1 saturated heterocycles. The van der Waals surface area contributed by atoms with Gasteiger partial charge in [0.1, 0.15) is 0 Å². The Morgan fingerprint density at radius 2 is 1.19 bits per heavy atom. The molecule has 1 heteroatoms. The van der Waals surface area contributed by atoms with Crippen molar-refractivity contribution in [3.63, 3.8) is 0 Å². The van der Waals surface area contributed by atoms with E-state index in [0.717, 1.165) is 0 Å². The second-order valence-electron chi connectivity index (χ2n) is 6.40. The number of piperidine rings is 1. The van der Waals surface area contributed by atoms with Crippen molar-refractivity contribution in [1.29, 1.82) is 0 Å². The predicted molar refractivity (Wildman–Crippen MR) is 87.6 cm³/mol. The molecular formula is C20H23N. The zero-order valence-electron chi connectivity index (χ0n) is 12.6. The van der Waals surface area contributed by atoms with Gasteiger partial charge < -0.3 is 0 Å². The molecular weight excluding hydrogens is 254 g/mol. The largest absolute Gasteiger partial charge is 0.292 e. The van der Waals surface area contributed by atoms with E-state index >= 15 is 0 Å². The first kappa shape index (κ1) is 13.1. The van der Waals surface area contributed by atoms with E-state index in [9.17, 15) is 0 Å². The fraction of sp³-hybridized carbons (Fsp3) is 0.400. The average molecular weight is 277 g/mol. The molecule has 0 N–H and O–H groups in total. The van der Waals surface area contributed by atoms with Crippen molar-refractivity contribution >= 4 is 0 Å². The van der Waals surface area contributed by atoms with Crippen molar-refractivity contribution in [2.45, 2.75) is 38.1 Å². The first-order valence-corrected chi connectivity index (χ1v) is 8.33. The van der Waals surface area contributed by atoms with Gasteiger partial charge in [-0.05, 0) is 61.0 Å². The summed E-state index contributed by atoms with van der Waals surface area (Å²) in [5, 5.41) is 0. The molecule has 0 radical (unpaired) electrons. The van der Waals surface area contributed by atoms with Gasteiger partial charge in [0.25, 0.3) is 0 Å². The third-order valence-electron chi connectivity index (χ3n) is 5.12. The molecule has 108 valence electrons. The summed E-state index contributed by atoms with van der Waals surface area (Å²) in [7, 11) is 0. The zero-order valence-corrected chi connectivity index (χ0v) is 12.6. The van der Waals surface area contributed by atoms with Crippen LogP contribution in [-0.2, 0) is 12.8 Å². The van der Waals surface area contributed by atoms with Gasteiger partial charge in [-0.3, -0.25) is 4.90 Å². The molecule has 0 unspecified atom stereocenters. The standard InChI is InChI=1S/C20H23N/c1-6-14-21(15-7-1)20-18-10-4-2-8-16(18)12-13-17-9-3-5-11-19(17)20/h2-5,8-11,20H,1,6-7,12-15H2. The molecule has 1 aliphatic heterocycles. The van der Waals surface area contributed by atoms with Gasteiger partial charge in [0.15, 0.2) is 0 Å². The highest BCUT2D eigenvalue weighted by Crippen LogP contribution is 2.37. The third kappa shape index (κ3) is 2.40. The molecule has 1 heterocycles. The third-order valence-corrected chi connectivity index (χ3v) is 5.12. The molecule has 0 aromatic heterocycles. The summed E-state index contributed by atoms with van der Waals surface area (Å²) in [5.41, 5.74) is 6.18. The van der Waals surface area contributed by atoms with Gasteiger partial charge in [0, 0.05) is 0 Å². The minimum atomic E-state index is 0.472. The van der Waals surface area contributed by atoms with Crippen LogP contribution in [0.2, 0.25) is 0 Å². The summed E-state index contributed by atoms with van der Waals surface area (Å²) in [6.07, 6.45) is 6.45. The lowest BCUT2D eigenvalue weighted by molar-refractivity contribution is 0.187. The van der Waals surface area contributed by atoms with E-state index in [0.29, 0.717) is 6.04 Å². The van der Waals surface area contributed by atoms with Gasteiger partial charge in [-0.1, -0.05) is 55.0 Å². The number of hydrogen-bond acceptors (Lipinski definition) is 1. The minimum absolute atomic E-state index is 0.472. The first-order valence-electron chi connectivity index (χ1n) is 8.33. The SMILES string of the molecule is c1ccc2c(c1)CCc1ccccc1C2N1CCCCC1. The van der Waals surface area contributed by atoms with Crippen LogP contribution >= 0.6 is 0 Å². The molecule has 21 heavy (non-hydrogen) atoms. The van der Waals surface area contributed by atoms with Crippen LogP contribution in [0.4, 0.5) is 0 Å². The Morgan fingerprint density at radius 3 is 1.76 bits per heavy atom. The van der Waals surface area contributed by atoms with Crippen molar-refractivity contribution in [2.24, 2.45) is 0 Å². The minimum Gasteiger partial charge on any atom is -0.292 e. The Labute approximate surface area is 127 Å². The Morgan fingerprint density at radius 1 is 0.667 bits per heavy atom. The summed E-state index contributed by atoms with van der Waals surface area (Å²) in [4.78, 5) is 2.71. The summed E-state index contributed by atoms with van der Waals surface area (Å²) in [6, 6.07) is 18.7. The molecule has 2 aromatic rings. The van der Waals surface area contributed by atoms with Crippen LogP contribution in [0.5, 0.6) is 0 Å². The van der Waals surface area contributed by atoms with Crippen molar-refractivity contribution in [2.75, 3.05) is 13.1 Å². The van der Waals surface area contributed by atoms with Gasteiger partial charge in [-0.15, -0.1) is 0 Å². The smallest absolute Gasteiger partial charge is 0.0607 e. The lowest BCUT2D eigenvalue weighted by Crippen LogP contribution is -2.34. The molecule has 1 fully saturated rings. The number of fused-ring (bicyclic) bond motifs is 2. The van der Waals surface area contributed by atoms with Gasteiger partial charge in [0.2, 0.25) is 0 Å². The van der Waals surface area contributed by atoms with E-state index in [-0.39, 0.29) is 0 Å². The molecule has 0 bridgehead atoms. The molecule has 0 spiro atoms. The number of rotatable bonds is 1. The Bertz CT molecular complexity index is 578. The molecule has 2 aromatic carbocycles. The number of likely N-dealkylation sites (tertiary alicyclic amines) is 1. The fourth-order valence-electron chi connectivity index (χ4n) is 4.06. The maximum Gasteiger partial charge on any atom is 0.0607 e. The summed E-state index contributed by atoms with van der Waals surface area (Å²) in [5.74, 6) is 0. The van der Waals surface area contributed by atoms with Gasteiger partial charge in [-0.25, -0.2) is 0 Å². The normalized spacial score (nSPS) is 19.6. The Kier molecular flexibility index (Phi) is 3.52. The quantitative estimate of drug-likeness (QED) is 0.748. The number of aryl methyl sites for hydroxylation is 2. The van der Waals surface area contributed by atoms with E-state index in [1.54, 1.807) is 22.3 Å². The van der Waals surface area contributed by atoms with Crippen molar-refractivity contribution in [3.8, 4) is 0 Å². The van der Waals surface area contributed by atoms with E-state index in [4.69, 9.17) is 0 Å². The number of hydrogen-bond donors (Lipinski definition) is 0. The predicted octanol–water partition coefficient (Wildman–Crippen LogP) is 4.36. The lowest BCUT2D eigenvalue weighted by atomic mass is 9.92. The molecule has 1 aliphatic carbocycles. The molecule has 0 amide bonds. The Balaban J connectivity index is 1.85. The maximum atomic E-state index is 2.71. The highest BCUT2D eigenvalue weighted by atomic mass is 15.2. The highest BCUT2D eigenvalue weighted by Gasteiger charge is 2.28. The van der Waals surface area contributed by atoms with E-state index in [1.807, 2.05) is 0 Å². The lowest BCUT2D eigenvalue weighted by Gasteiger charge is -2.36. The van der Waals surface area contributed by atoms with E-state index in [2.05, 4.69) is 53.4 Å². The fourth-order valence-corrected chi connectivity index (χ4v) is 4.06. The van der Waals surface area contributed by atoms with E-state index in [1.165, 1.54) is 45.2 Å². The van der Waals surface area contributed by atoms with Gasteiger partial charge in [-0.2, -0.15) is 0 Å². The van der Waals surface area contributed by atoms with Crippen LogP contribution in [0.3, 0.4) is 0 Å². The van der Waals surface area contributed by atoms with Gasteiger partial charge in [0.05, 0.1) is 6.04 Å².